The van der Waals surface area contributed by atoms with Gasteiger partial charge in [0.15, 0.2) is 0 Å². The average Bonchev–Trinajstić information content (AvgIpc) is 2.91. The standard InChI is InChI=1S/C17H15Cl2N3O3S/c18-11-3-6-14-13(9-11)15(19)16(22-14)17(23)21-8-7-10-1-4-12(5-2-10)26(20,24)25/h1-6,9,22H,7-8H2,(H,21,23)(H2,20,24,25). The smallest absolute Gasteiger partial charge is 0.269 e. The van der Waals surface area contributed by atoms with Gasteiger partial charge in [-0.05, 0) is 42.3 Å². The highest BCUT2D eigenvalue weighted by Crippen LogP contribution is 2.29. The lowest BCUT2D eigenvalue weighted by Crippen LogP contribution is -2.26. The summed E-state index contributed by atoms with van der Waals surface area (Å²) in [6.07, 6.45) is 0.528. The second-order valence-corrected chi connectivity index (χ2v) is 8.07. The van der Waals surface area contributed by atoms with Crippen molar-refractivity contribution in [2.75, 3.05) is 6.54 Å². The minimum Gasteiger partial charge on any atom is -0.350 e. The number of H-pyrrole nitrogens is 1. The molecule has 1 amide bonds. The van der Waals surface area contributed by atoms with Crippen LogP contribution >= 0.6 is 23.2 Å². The van der Waals surface area contributed by atoms with E-state index in [1.807, 2.05) is 0 Å². The summed E-state index contributed by atoms with van der Waals surface area (Å²) in [4.78, 5) is 15.4. The number of aromatic nitrogens is 1. The highest BCUT2D eigenvalue weighted by molar-refractivity contribution is 7.89. The predicted molar refractivity (Wildman–Crippen MR) is 102 cm³/mol. The molecule has 0 atom stereocenters. The third kappa shape index (κ3) is 4.02. The minimum absolute atomic E-state index is 0.0498. The van der Waals surface area contributed by atoms with E-state index in [9.17, 15) is 13.2 Å². The molecule has 0 aliphatic carbocycles. The number of hydrogen-bond donors (Lipinski definition) is 3. The molecule has 2 aromatic carbocycles. The van der Waals surface area contributed by atoms with Crippen LogP contribution in [0.15, 0.2) is 47.4 Å². The van der Waals surface area contributed by atoms with Crippen molar-refractivity contribution >= 4 is 50.0 Å². The summed E-state index contributed by atoms with van der Waals surface area (Å²) in [6, 6.07) is 11.3. The van der Waals surface area contributed by atoms with Gasteiger partial charge in [0.2, 0.25) is 10.0 Å². The molecule has 3 rings (SSSR count). The Morgan fingerprint density at radius 1 is 1.12 bits per heavy atom. The largest absolute Gasteiger partial charge is 0.350 e. The first-order chi connectivity index (χ1) is 12.3. The molecule has 0 bridgehead atoms. The molecule has 6 nitrogen and oxygen atoms in total. The normalized spacial score (nSPS) is 11.7. The maximum Gasteiger partial charge on any atom is 0.269 e. The maximum atomic E-state index is 12.3. The molecule has 0 unspecified atom stereocenters. The van der Waals surface area contributed by atoms with Crippen LogP contribution in [0.2, 0.25) is 10.0 Å². The number of amides is 1. The van der Waals surface area contributed by atoms with Crippen molar-refractivity contribution < 1.29 is 13.2 Å². The Bertz CT molecular complexity index is 1080. The van der Waals surface area contributed by atoms with Crippen LogP contribution < -0.4 is 10.5 Å². The molecular weight excluding hydrogens is 397 g/mol. The number of carbonyl (C=O) groups is 1. The Morgan fingerprint density at radius 3 is 2.46 bits per heavy atom. The first kappa shape index (κ1) is 18.7. The van der Waals surface area contributed by atoms with E-state index in [1.165, 1.54) is 12.1 Å². The maximum absolute atomic E-state index is 12.3. The van der Waals surface area contributed by atoms with Gasteiger partial charge in [-0.3, -0.25) is 4.79 Å². The molecule has 0 spiro atoms. The number of halogens is 2. The number of primary sulfonamides is 1. The van der Waals surface area contributed by atoms with Crippen molar-refractivity contribution in [2.45, 2.75) is 11.3 Å². The van der Waals surface area contributed by atoms with E-state index < -0.39 is 10.0 Å². The quantitative estimate of drug-likeness (QED) is 0.600. The minimum atomic E-state index is -3.71. The molecule has 0 aliphatic heterocycles. The number of aromatic amines is 1. The van der Waals surface area contributed by atoms with Gasteiger partial charge >= 0.3 is 0 Å². The molecule has 0 fully saturated rings. The van der Waals surface area contributed by atoms with Crippen molar-refractivity contribution in [3.8, 4) is 0 Å². The fraction of sp³-hybridized carbons (Fsp3) is 0.118. The highest BCUT2D eigenvalue weighted by Gasteiger charge is 2.16. The topological polar surface area (TPSA) is 105 Å². The Hall–Kier alpha value is -2.06. The van der Waals surface area contributed by atoms with Gasteiger partial charge in [0.1, 0.15) is 5.69 Å². The molecular formula is C17H15Cl2N3O3S. The van der Waals surface area contributed by atoms with E-state index in [0.29, 0.717) is 28.4 Å². The number of fused-ring (bicyclic) bond motifs is 1. The van der Waals surface area contributed by atoms with Gasteiger partial charge in [0, 0.05) is 22.5 Å². The van der Waals surface area contributed by atoms with Gasteiger partial charge < -0.3 is 10.3 Å². The van der Waals surface area contributed by atoms with E-state index in [1.54, 1.807) is 30.3 Å². The zero-order valence-electron chi connectivity index (χ0n) is 13.4. The summed E-state index contributed by atoms with van der Waals surface area (Å²) in [5.41, 5.74) is 1.86. The third-order valence-electron chi connectivity index (χ3n) is 3.88. The second-order valence-electron chi connectivity index (χ2n) is 5.70. The van der Waals surface area contributed by atoms with Crippen LogP contribution in [0.4, 0.5) is 0 Å². The summed E-state index contributed by atoms with van der Waals surface area (Å²) in [5.74, 6) is -0.330. The van der Waals surface area contributed by atoms with Crippen LogP contribution in [0, 0.1) is 0 Å². The van der Waals surface area contributed by atoms with E-state index in [4.69, 9.17) is 28.3 Å². The lowest BCUT2D eigenvalue weighted by atomic mass is 10.1. The van der Waals surface area contributed by atoms with Crippen molar-refractivity contribution in [3.63, 3.8) is 0 Å². The molecule has 136 valence electrons. The molecule has 0 radical (unpaired) electrons. The fourth-order valence-electron chi connectivity index (χ4n) is 2.54. The average molecular weight is 412 g/mol. The highest BCUT2D eigenvalue weighted by atomic mass is 35.5. The molecule has 0 aliphatic rings. The summed E-state index contributed by atoms with van der Waals surface area (Å²) in [5, 5.41) is 9.37. The number of sulfonamides is 1. The lowest BCUT2D eigenvalue weighted by molar-refractivity contribution is 0.0950. The first-order valence-corrected chi connectivity index (χ1v) is 9.92. The van der Waals surface area contributed by atoms with Gasteiger partial charge in [-0.1, -0.05) is 35.3 Å². The molecule has 26 heavy (non-hydrogen) atoms. The molecule has 1 aromatic heterocycles. The van der Waals surface area contributed by atoms with E-state index >= 15 is 0 Å². The van der Waals surface area contributed by atoms with E-state index in [2.05, 4.69) is 10.3 Å². The van der Waals surface area contributed by atoms with Gasteiger partial charge in [0.25, 0.3) is 5.91 Å². The molecule has 9 heteroatoms. The zero-order chi connectivity index (χ0) is 18.9. The Morgan fingerprint density at radius 2 is 1.81 bits per heavy atom. The van der Waals surface area contributed by atoms with E-state index in [-0.39, 0.29) is 16.5 Å². The summed E-state index contributed by atoms with van der Waals surface area (Å²) < 4.78 is 22.5. The number of hydrogen-bond acceptors (Lipinski definition) is 3. The fourth-order valence-corrected chi connectivity index (χ4v) is 3.52. The number of rotatable bonds is 5. The molecule has 3 aromatic rings. The van der Waals surface area contributed by atoms with Gasteiger partial charge in [-0.2, -0.15) is 0 Å². The summed E-state index contributed by atoms with van der Waals surface area (Å²) in [7, 11) is -3.71. The van der Waals surface area contributed by atoms with Crippen LogP contribution in [-0.2, 0) is 16.4 Å². The van der Waals surface area contributed by atoms with Gasteiger partial charge in [-0.15, -0.1) is 0 Å². The van der Waals surface area contributed by atoms with Crippen LogP contribution in [0.1, 0.15) is 16.1 Å². The molecule has 4 N–H and O–H groups in total. The number of carbonyl (C=O) groups excluding carboxylic acids is 1. The number of nitrogens with one attached hydrogen (secondary N) is 2. The molecule has 1 heterocycles. The second kappa shape index (κ2) is 7.28. The number of benzene rings is 2. The Kier molecular flexibility index (Phi) is 5.24. The van der Waals surface area contributed by atoms with Crippen molar-refractivity contribution in [1.29, 1.82) is 0 Å². The molecule has 0 saturated carbocycles. The third-order valence-corrected chi connectivity index (χ3v) is 5.43. The van der Waals surface area contributed by atoms with Crippen molar-refractivity contribution in [1.82, 2.24) is 10.3 Å². The van der Waals surface area contributed by atoms with Crippen molar-refractivity contribution in [2.24, 2.45) is 5.14 Å². The van der Waals surface area contributed by atoms with Gasteiger partial charge in [0.05, 0.1) is 9.92 Å². The monoisotopic (exact) mass is 411 g/mol. The van der Waals surface area contributed by atoms with E-state index in [0.717, 1.165) is 11.1 Å². The zero-order valence-corrected chi connectivity index (χ0v) is 15.8. The van der Waals surface area contributed by atoms with Crippen LogP contribution in [0.25, 0.3) is 10.9 Å². The van der Waals surface area contributed by atoms with Crippen LogP contribution in [-0.4, -0.2) is 25.9 Å². The Labute approximate surface area is 160 Å². The van der Waals surface area contributed by atoms with Crippen LogP contribution in [0.5, 0.6) is 0 Å². The molecule has 0 saturated heterocycles. The predicted octanol–water partition coefficient (Wildman–Crippen LogP) is 3.09. The SMILES string of the molecule is NS(=O)(=O)c1ccc(CCNC(=O)c2[nH]c3ccc(Cl)cc3c2Cl)cc1. The number of nitrogens with two attached hydrogens (primary N) is 1. The van der Waals surface area contributed by atoms with Gasteiger partial charge in [-0.25, -0.2) is 13.6 Å². The van der Waals surface area contributed by atoms with Crippen molar-refractivity contribution in [3.05, 3.63) is 63.8 Å². The summed E-state index contributed by atoms with van der Waals surface area (Å²) in [6.45, 7) is 0.361. The lowest BCUT2D eigenvalue weighted by Gasteiger charge is -2.05. The first-order valence-electron chi connectivity index (χ1n) is 7.62. The van der Waals surface area contributed by atoms with Crippen LogP contribution in [0.3, 0.4) is 0 Å². The Balaban J connectivity index is 1.65. The summed E-state index contributed by atoms with van der Waals surface area (Å²) >= 11 is 12.2.